The molecule has 0 unspecified atom stereocenters. The topological polar surface area (TPSA) is 165 Å². The van der Waals surface area contributed by atoms with Crippen molar-refractivity contribution in [3.63, 3.8) is 0 Å². The normalized spacial score (nSPS) is 25.1. The fourth-order valence-corrected chi connectivity index (χ4v) is 7.14. The van der Waals surface area contributed by atoms with Gasteiger partial charge in [-0.15, -0.1) is 0 Å². The number of nitrogens with zero attached hydrogens (tertiary/aromatic N) is 2. The number of hydrogen-bond acceptors (Lipinski definition) is 9. The van der Waals surface area contributed by atoms with Crippen LogP contribution in [0.5, 0.6) is 5.75 Å². The van der Waals surface area contributed by atoms with E-state index in [1.807, 2.05) is 67.5 Å². The lowest BCUT2D eigenvalue weighted by molar-refractivity contribution is -0.153. The second kappa shape index (κ2) is 9.68. The molecule has 0 heterocycles. The molecule has 222 valence electrons. The van der Waals surface area contributed by atoms with Crippen LogP contribution >= 0.6 is 0 Å². The Morgan fingerprint density at radius 2 is 1.60 bits per heavy atom. The maximum absolute atomic E-state index is 14.0. The first-order valence-electron chi connectivity index (χ1n) is 14.0. The summed E-state index contributed by atoms with van der Waals surface area (Å²) >= 11 is 0. The molecule has 6 rings (SSSR count). The monoisotopic (exact) mass is 583 g/mol. The third-order valence-electron chi connectivity index (χ3n) is 9.24. The Kier molecular flexibility index (Phi) is 6.41. The minimum atomic E-state index is -2.66. The number of nitrogens with two attached hydrogens (primary N) is 1. The molecule has 10 heteroatoms. The molecule has 1 saturated carbocycles. The number of hydrogen-bond donors (Lipinski definition) is 5. The maximum atomic E-state index is 14.0. The minimum absolute atomic E-state index is 0.0481. The smallest absolute Gasteiger partial charge is 0.255 e. The number of fused-ring (bicyclic) bond motifs is 4. The maximum Gasteiger partial charge on any atom is 0.255 e. The first kappa shape index (κ1) is 28.4. The van der Waals surface area contributed by atoms with E-state index in [9.17, 15) is 34.8 Å². The second-order valence-corrected chi connectivity index (χ2v) is 12.1. The minimum Gasteiger partial charge on any atom is -0.508 e. The van der Waals surface area contributed by atoms with Crippen LogP contribution in [-0.4, -0.2) is 82.6 Å². The van der Waals surface area contributed by atoms with Crippen molar-refractivity contribution in [1.29, 1.82) is 0 Å². The first-order valence-corrected chi connectivity index (χ1v) is 14.0. The summed E-state index contributed by atoms with van der Waals surface area (Å²) in [5.74, 6) is -6.61. The molecule has 0 radical (unpaired) electrons. The number of phenols is 1. The summed E-state index contributed by atoms with van der Waals surface area (Å²) in [6.45, 7) is 0. The Balaban J connectivity index is 1.50. The van der Waals surface area contributed by atoms with Gasteiger partial charge in [0.2, 0.25) is 5.78 Å². The van der Waals surface area contributed by atoms with Crippen molar-refractivity contribution in [3.05, 3.63) is 76.6 Å². The van der Waals surface area contributed by atoms with Crippen LogP contribution in [0, 0.1) is 11.8 Å². The third-order valence-corrected chi connectivity index (χ3v) is 9.24. The van der Waals surface area contributed by atoms with Gasteiger partial charge in [0.1, 0.15) is 22.8 Å². The number of carbonyl (C=O) groups excluding carboxylic acids is 3. The molecule has 10 nitrogen and oxygen atoms in total. The Morgan fingerprint density at radius 3 is 2.21 bits per heavy atom. The van der Waals surface area contributed by atoms with Gasteiger partial charge in [-0.1, -0.05) is 30.3 Å². The number of aliphatic hydroxyl groups excluding tert-OH is 2. The molecule has 6 N–H and O–H groups in total. The van der Waals surface area contributed by atoms with Gasteiger partial charge in [-0.05, 0) is 73.1 Å². The van der Waals surface area contributed by atoms with Gasteiger partial charge in [-0.3, -0.25) is 19.3 Å². The van der Waals surface area contributed by atoms with E-state index < -0.39 is 58.0 Å². The zero-order valence-electron chi connectivity index (χ0n) is 24.3. The van der Waals surface area contributed by atoms with Crippen LogP contribution in [0.1, 0.15) is 17.5 Å². The molecule has 3 aliphatic rings. The number of phenolic OH excluding ortho intramolecular Hbond substituents is 1. The molecule has 4 atom stereocenters. The second-order valence-electron chi connectivity index (χ2n) is 12.1. The van der Waals surface area contributed by atoms with E-state index in [-0.39, 0.29) is 29.7 Å². The number of amides is 1. The molecule has 0 spiro atoms. The Morgan fingerprint density at radius 1 is 0.953 bits per heavy atom. The van der Waals surface area contributed by atoms with Crippen LogP contribution in [-0.2, 0) is 20.8 Å². The third kappa shape index (κ3) is 3.97. The van der Waals surface area contributed by atoms with Crippen molar-refractivity contribution >= 4 is 39.7 Å². The largest absolute Gasteiger partial charge is 0.508 e. The van der Waals surface area contributed by atoms with Crippen LogP contribution in [0.15, 0.2) is 65.4 Å². The average Bonchev–Trinajstić information content (AvgIpc) is 2.94. The predicted octanol–water partition coefficient (Wildman–Crippen LogP) is 2.85. The van der Waals surface area contributed by atoms with E-state index in [0.29, 0.717) is 10.9 Å². The fourth-order valence-electron chi connectivity index (χ4n) is 7.14. The van der Waals surface area contributed by atoms with Gasteiger partial charge in [-0.25, -0.2) is 0 Å². The van der Waals surface area contributed by atoms with Crippen molar-refractivity contribution in [2.75, 3.05) is 33.1 Å². The molecule has 3 aromatic rings. The van der Waals surface area contributed by atoms with E-state index in [1.165, 1.54) is 4.90 Å². The van der Waals surface area contributed by atoms with Gasteiger partial charge in [0.15, 0.2) is 11.4 Å². The lowest BCUT2D eigenvalue weighted by Crippen LogP contribution is -2.65. The van der Waals surface area contributed by atoms with Crippen LogP contribution < -0.4 is 10.6 Å². The Bertz CT molecular complexity index is 1810. The van der Waals surface area contributed by atoms with Gasteiger partial charge >= 0.3 is 0 Å². The van der Waals surface area contributed by atoms with Crippen LogP contribution in [0.3, 0.4) is 0 Å². The average molecular weight is 584 g/mol. The Labute approximate surface area is 247 Å². The van der Waals surface area contributed by atoms with Crippen molar-refractivity contribution in [1.82, 2.24) is 4.90 Å². The lowest BCUT2D eigenvalue weighted by Gasteiger charge is -2.50. The number of aliphatic hydroxyl groups is 3. The van der Waals surface area contributed by atoms with Gasteiger partial charge in [0, 0.05) is 36.7 Å². The molecule has 1 amide bonds. The summed E-state index contributed by atoms with van der Waals surface area (Å²) in [6, 6.07) is 14.3. The number of rotatable bonds is 4. The van der Waals surface area contributed by atoms with Crippen molar-refractivity contribution in [2.24, 2.45) is 17.6 Å². The summed E-state index contributed by atoms with van der Waals surface area (Å²) in [7, 11) is 7.05. The van der Waals surface area contributed by atoms with E-state index in [1.54, 1.807) is 14.1 Å². The number of ketones is 2. The van der Waals surface area contributed by atoms with Gasteiger partial charge in [0.05, 0.1) is 11.6 Å². The summed E-state index contributed by atoms with van der Waals surface area (Å²) in [5.41, 5.74) is 5.22. The fraction of sp³-hybridized carbons (Fsp3) is 0.303. The highest BCUT2D eigenvalue weighted by molar-refractivity contribution is 6.24. The molecule has 43 heavy (non-hydrogen) atoms. The number of likely N-dealkylation sites (N-methyl/N-ethyl adjacent to an activating group) is 1. The molecular weight excluding hydrogens is 550 g/mol. The number of Topliss-reactive ketones (excluding diaryl/α,β-unsaturated/α-hetero) is 2. The van der Waals surface area contributed by atoms with Crippen molar-refractivity contribution in [2.45, 2.75) is 24.5 Å². The molecular formula is C33H33N3O7. The van der Waals surface area contributed by atoms with E-state index in [0.717, 1.165) is 22.2 Å². The summed E-state index contributed by atoms with van der Waals surface area (Å²) in [5, 5.41) is 47.0. The van der Waals surface area contributed by atoms with E-state index in [2.05, 4.69) is 0 Å². The van der Waals surface area contributed by atoms with E-state index >= 15 is 0 Å². The molecule has 0 bridgehead atoms. The number of benzene rings is 3. The molecule has 0 aromatic heterocycles. The van der Waals surface area contributed by atoms with E-state index in [4.69, 9.17) is 5.73 Å². The summed E-state index contributed by atoms with van der Waals surface area (Å²) < 4.78 is 0. The van der Waals surface area contributed by atoms with Gasteiger partial charge < -0.3 is 31.1 Å². The lowest BCUT2D eigenvalue weighted by atomic mass is 9.57. The van der Waals surface area contributed by atoms with Crippen LogP contribution in [0.25, 0.3) is 27.7 Å². The van der Waals surface area contributed by atoms with Crippen molar-refractivity contribution in [3.8, 4) is 16.9 Å². The molecule has 3 aromatic carbocycles. The molecule has 0 saturated heterocycles. The summed E-state index contributed by atoms with van der Waals surface area (Å²) in [4.78, 5) is 42.9. The highest BCUT2D eigenvalue weighted by Gasteiger charge is 2.64. The SMILES string of the molecule is CN(C)c1ccc(-c2ccc3cc4c(c(O)c3c2)C(O)=C2C(=O)[C@]3(O)C(O)=C(C(N)=O)C(=O)[C@@H](N(C)C)[C@@H]3C[C@@H]2C4)cc1. The van der Waals surface area contributed by atoms with Gasteiger partial charge in [0.25, 0.3) is 5.91 Å². The number of anilines is 1. The quantitative estimate of drug-likeness (QED) is 0.291. The number of carbonyl (C=O) groups is 3. The van der Waals surface area contributed by atoms with Crippen LogP contribution in [0.4, 0.5) is 5.69 Å². The highest BCUT2D eigenvalue weighted by atomic mass is 16.3. The standard InChI is InChI=1S/C33H33N3O7/c1-35(2)20-9-7-15(8-10-20)16-5-6-17-11-18-12-19-14-22-26(36(3)4)29(39)25(32(34)42)31(41)33(22,43)30(40)24(19)28(38)23(18)27(37)21(17)13-16/h5-11,13,19,22,26,37-38,41,43H,12,14H2,1-4H3,(H2,34,42)/t19-,22-,26-,33-/m0/s1. The zero-order valence-corrected chi connectivity index (χ0v) is 24.3. The number of primary amides is 1. The first-order chi connectivity index (χ1) is 20.3. The highest BCUT2D eigenvalue weighted by Crippen LogP contribution is 2.53. The zero-order chi connectivity index (χ0) is 31.1. The summed E-state index contributed by atoms with van der Waals surface area (Å²) in [6.07, 6.45) is 0.290. The molecule has 3 aliphatic carbocycles. The van der Waals surface area contributed by atoms with Gasteiger partial charge in [-0.2, -0.15) is 0 Å². The molecule has 0 aliphatic heterocycles. The van der Waals surface area contributed by atoms with Crippen molar-refractivity contribution < 1.29 is 34.8 Å². The number of aromatic hydroxyl groups is 1. The molecule has 1 fully saturated rings. The Hall–Kier alpha value is -4.67. The predicted molar refractivity (Wildman–Crippen MR) is 162 cm³/mol. The van der Waals surface area contributed by atoms with Crippen LogP contribution in [0.2, 0.25) is 0 Å².